The number of hydrogen-bond acceptors (Lipinski definition) is 4. The summed E-state index contributed by atoms with van der Waals surface area (Å²) in [5, 5.41) is 12.2. The normalized spacial score (nSPS) is 23.0. The molecule has 2 atom stereocenters. The Balaban J connectivity index is 2.02. The van der Waals surface area contributed by atoms with Crippen molar-refractivity contribution in [1.29, 1.82) is 0 Å². The summed E-state index contributed by atoms with van der Waals surface area (Å²) in [6.45, 7) is 0.457. The molecule has 0 radical (unpaired) electrons. The standard InChI is InChI=1S/C13H19N3O2/c14-7-11-6-9(4-5-15-11)13(18)16-12-3-1-2-10(12)8-17/h4-6,10,12,17H,1-3,7-8,14H2,(H,16,18). The van der Waals surface area contributed by atoms with E-state index in [0.717, 1.165) is 19.3 Å². The number of nitrogens with two attached hydrogens (primary N) is 1. The molecule has 5 nitrogen and oxygen atoms in total. The Labute approximate surface area is 106 Å². The fourth-order valence-electron chi connectivity index (χ4n) is 2.43. The minimum Gasteiger partial charge on any atom is -0.396 e. The Morgan fingerprint density at radius 3 is 3.11 bits per heavy atom. The van der Waals surface area contributed by atoms with Crippen LogP contribution >= 0.6 is 0 Å². The molecule has 1 aliphatic rings. The van der Waals surface area contributed by atoms with Crippen molar-refractivity contribution in [2.75, 3.05) is 6.61 Å². The highest BCUT2D eigenvalue weighted by atomic mass is 16.3. The van der Waals surface area contributed by atoms with E-state index in [-0.39, 0.29) is 24.5 Å². The number of pyridine rings is 1. The molecular formula is C13H19N3O2. The Kier molecular flexibility index (Phi) is 4.28. The van der Waals surface area contributed by atoms with Gasteiger partial charge in [-0.15, -0.1) is 0 Å². The molecule has 1 aromatic heterocycles. The van der Waals surface area contributed by atoms with E-state index in [4.69, 9.17) is 5.73 Å². The zero-order chi connectivity index (χ0) is 13.0. The second-order valence-corrected chi connectivity index (χ2v) is 4.69. The number of nitrogens with one attached hydrogen (secondary N) is 1. The zero-order valence-electron chi connectivity index (χ0n) is 10.3. The van der Waals surface area contributed by atoms with Gasteiger partial charge in [-0.1, -0.05) is 6.42 Å². The molecule has 0 bridgehead atoms. The number of rotatable bonds is 4. The molecule has 1 amide bonds. The van der Waals surface area contributed by atoms with E-state index < -0.39 is 0 Å². The second-order valence-electron chi connectivity index (χ2n) is 4.69. The highest BCUT2D eigenvalue weighted by molar-refractivity contribution is 5.94. The summed E-state index contributed by atoms with van der Waals surface area (Å²) in [5.41, 5.74) is 6.78. The van der Waals surface area contributed by atoms with Crippen LogP contribution in [0.4, 0.5) is 0 Å². The molecule has 0 saturated heterocycles. The molecule has 4 N–H and O–H groups in total. The quantitative estimate of drug-likeness (QED) is 0.722. The zero-order valence-corrected chi connectivity index (χ0v) is 10.3. The number of carbonyl (C=O) groups is 1. The maximum Gasteiger partial charge on any atom is 0.251 e. The second kappa shape index (κ2) is 5.93. The molecule has 1 heterocycles. The van der Waals surface area contributed by atoms with Crippen LogP contribution in [-0.2, 0) is 6.54 Å². The number of amides is 1. The first-order chi connectivity index (χ1) is 8.74. The van der Waals surface area contributed by atoms with Gasteiger partial charge in [0.1, 0.15) is 0 Å². The summed E-state index contributed by atoms with van der Waals surface area (Å²) in [6.07, 6.45) is 4.56. The number of aliphatic hydroxyl groups excluding tert-OH is 1. The summed E-state index contributed by atoms with van der Waals surface area (Å²) < 4.78 is 0. The molecule has 18 heavy (non-hydrogen) atoms. The van der Waals surface area contributed by atoms with Crippen molar-refractivity contribution in [1.82, 2.24) is 10.3 Å². The topological polar surface area (TPSA) is 88.2 Å². The lowest BCUT2D eigenvalue weighted by atomic mass is 10.0. The molecule has 1 aromatic rings. The molecule has 2 rings (SSSR count). The van der Waals surface area contributed by atoms with Gasteiger partial charge in [-0.2, -0.15) is 0 Å². The smallest absolute Gasteiger partial charge is 0.251 e. The van der Waals surface area contributed by atoms with Gasteiger partial charge < -0.3 is 16.2 Å². The number of aliphatic hydroxyl groups is 1. The van der Waals surface area contributed by atoms with Crippen LogP contribution in [0, 0.1) is 5.92 Å². The Bertz CT molecular complexity index is 422. The van der Waals surface area contributed by atoms with Crippen LogP contribution in [0.15, 0.2) is 18.3 Å². The van der Waals surface area contributed by atoms with Gasteiger partial charge in [0.25, 0.3) is 5.91 Å². The molecule has 1 saturated carbocycles. The van der Waals surface area contributed by atoms with E-state index in [1.54, 1.807) is 18.3 Å². The minimum absolute atomic E-state index is 0.0805. The third kappa shape index (κ3) is 2.86. The lowest BCUT2D eigenvalue weighted by Gasteiger charge is -2.19. The lowest BCUT2D eigenvalue weighted by Crippen LogP contribution is -2.38. The number of carbonyl (C=O) groups excluding carboxylic acids is 1. The Morgan fingerprint density at radius 1 is 1.56 bits per heavy atom. The van der Waals surface area contributed by atoms with Crippen molar-refractivity contribution in [2.24, 2.45) is 11.7 Å². The van der Waals surface area contributed by atoms with Gasteiger partial charge in [-0.25, -0.2) is 0 Å². The van der Waals surface area contributed by atoms with Gasteiger partial charge in [-0.05, 0) is 25.0 Å². The van der Waals surface area contributed by atoms with Gasteiger partial charge in [0.15, 0.2) is 0 Å². The van der Waals surface area contributed by atoms with E-state index in [1.165, 1.54) is 0 Å². The molecule has 2 unspecified atom stereocenters. The molecule has 1 fully saturated rings. The average Bonchev–Trinajstić information content (AvgIpc) is 2.86. The van der Waals surface area contributed by atoms with Crippen LogP contribution in [0.3, 0.4) is 0 Å². The maximum absolute atomic E-state index is 12.1. The van der Waals surface area contributed by atoms with E-state index in [0.29, 0.717) is 17.8 Å². The van der Waals surface area contributed by atoms with Crippen LogP contribution in [0.25, 0.3) is 0 Å². The Hall–Kier alpha value is -1.46. The number of nitrogens with zero attached hydrogens (tertiary/aromatic N) is 1. The third-order valence-electron chi connectivity index (χ3n) is 3.50. The van der Waals surface area contributed by atoms with E-state index in [2.05, 4.69) is 10.3 Å². The van der Waals surface area contributed by atoms with Crippen molar-refractivity contribution in [3.05, 3.63) is 29.6 Å². The fraction of sp³-hybridized carbons (Fsp3) is 0.538. The van der Waals surface area contributed by atoms with Crippen molar-refractivity contribution >= 4 is 5.91 Å². The predicted molar refractivity (Wildman–Crippen MR) is 67.8 cm³/mol. The summed E-state index contributed by atoms with van der Waals surface area (Å²) in [4.78, 5) is 16.1. The molecule has 1 aliphatic carbocycles. The Morgan fingerprint density at radius 2 is 2.39 bits per heavy atom. The van der Waals surface area contributed by atoms with Crippen molar-refractivity contribution in [3.63, 3.8) is 0 Å². The summed E-state index contributed by atoms with van der Waals surface area (Å²) in [5.74, 6) is 0.0715. The monoisotopic (exact) mass is 249 g/mol. The molecule has 5 heteroatoms. The molecular weight excluding hydrogens is 230 g/mol. The molecule has 0 spiro atoms. The predicted octanol–water partition coefficient (Wildman–Crippen LogP) is 0.431. The molecule has 0 aliphatic heterocycles. The van der Waals surface area contributed by atoms with Crippen molar-refractivity contribution < 1.29 is 9.90 Å². The number of aromatic nitrogens is 1. The van der Waals surface area contributed by atoms with Gasteiger partial charge >= 0.3 is 0 Å². The van der Waals surface area contributed by atoms with E-state index >= 15 is 0 Å². The van der Waals surface area contributed by atoms with Gasteiger partial charge in [0, 0.05) is 36.9 Å². The summed E-state index contributed by atoms with van der Waals surface area (Å²) >= 11 is 0. The summed E-state index contributed by atoms with van der Waals surface area (Å²) in [6, 6.07) is 3.47. The van der Waals surface area contributed by atoms with Crippen LogP contribution in [0.1, 0.15) is 35.3 Å². The largest absolute Gasteiger partial charge is 0.396 e. The van der Waals surface area contributed by atoms with Crippen molar-refractivity contribution in [3.8, 4) is 0 Å². The van der Waals surface area contributed by atoms with E-state index in [9.17, 15) is 9.90 Å². The first-order valence-electron chi connectivity index (χ1n) is 6.31. The highest BCUT2D eigenvalue weighted by Gasteiger charge is 2.28. The molecule has 98 valence electrons. The van der Waals surface area contributed by atoms with Gasteiger partial charge in [-0.3, -0.25) is 9.78 Å². The maximum atomic E-state index is 12.1. The van der Waals surface area contributed by atoms with E-state index in [1.807, 2.05) is 0 Å². The molecule has 0 aromatic carbocycles. The van der Waals surface area contributed by atoms with Gasteiger partial charge in [0.05, 0.1) is 5.69 Å². The number of hydrogen-bond donors (Lipinski definition) is 3. The van der Waals surface area contributed by atoms with Crippen LogP contribution < -0.4 is 11.1 Å². The van der Waals surface area contributed by atoms with Crippen LogP contribution in [0.2, 0.25) is 0 Å². The van der Waals surface area contributed by atoms with Crippen LogP contribution in [-0.4, -0.2) is 28.6 Å². The minimum atomic E-state index is -0.113. The SMILES string of the molecule is NCc1cc(C(=O)NC2CCCC2CO)ccn1. The van der Waals surface area contributed by atoms with Crippen molar-refractivity contribution in [2.45, 2.75) is 31.8 Å². The third-order valence-corrected chi connectivity index (χ3v) is 3.50. The fourth-order valence-corrected chi connectivity index (χ4v) is 2.43. The van der Waals surface area contributed by atoms with Crippen LogP contribution in [0.5, 0.6) is 0 Å². The summed E-state index contributed by atoms with van der Waals surface area (Å²) in [7, 11) is 0. The van der Waals surface area contributed by atoms with Gasteiger partial charge in [0.2, 0.25) is 0 Å². The lowest BCUT2D eigenvalue weighted by molar-refractivity contribution is 0.0916. The first kappa shape index (κ1) is 13.0. The highest BCUT2D eigenvalue weighted by Crippen LogP contribution is 2.25. The average molecular weight is 249 g/mol. The first-order valence-corrected chi connectivity index (χ1v) is 6.31.